The van der Waals surface area contributed by atoms with Crippen molar-refractivity contribution in [1.82, 2.24) is 4.72 Å². The fraction of sp³-hybridized carbons (Fsp3) is 0.417. The van der Waals surface area contributed by atoms with E-state index in [2.05, 4.69) is 4.72 Å². The van der Waals surface area contributed by atoms with Gasteiger partial charge in [0, 0.05) is 17.7 Å². The first kappa shape index (κ1) is 16.3. The minimum atomic E-state index is -3.90. The van der Waals surface area contributed by atoms with Gasteiger partial charge >= 0.3 is 0 Å². The number of nitrogens with one attached hydrogen (secondary N) is 1. The van der Waals surface area contributed by atoms with Crippen molar-refractivity contribution < 1.29 is 27.8 Å². The molecule has 0 saturated carbocycles. The van der Waals surface area contributed by atoms with Crippen LogP contribution in [0.3, 0.4) is 0 Å². The molecule has 0 aliphatic carbocycles. The molecule has 112 valence electrons. The number of aromatic carboxylic acids is 1. The molecule has 8 heteroatoms. The van der Waals surface area contributed by atoms with Crippen molar-refractivity contribution in [2.75, 3.05) is 14.2 Å². The zero-order valence-electron chi connectivity index (χ0n) is 11.6. The lowest BCUT2D eigenvalue weighted by Gasteiger charge is -2.17. The summed E-state index contributed by atoms with van der Waals surface area (Å²) in [4.78, 5) is 10.8. The van der Waals surface area contributed by atoms with E-state index in [4.69, 9.17) is 9.47 Å². The molecule has 7 nitrogen and oxygen atoms in total. The van der Waals surface area contributed by atoms with Gasteiger partial charge in [0.2, 0.25) is 10.0 Å². The van der Waals surface area contributed by atoms with Crippen molar-refractivity contribution >= 4 is 16.0 Å². The number of carboxylic acids is 1. The van der Waals surface area contributed by atoms with Crippen LogP contribution in [0.25, 0.3) is 0 Å². The van der Waals surface area contributed by atoms with Crippen LogP contribution in [-0.2, 0) is 10.0 Å². The standard InChI is InChI=1S/C12H17NO6S/c1-7(2)13-20(16,17)11-5-8(12(14)15)9(18-3)6-10(11)19-4/h5-7,13H,1-4H3,(H,14,15)/p-1. The van der Waals surface area contributed by atoms with Gasteiger partial charge in [0.15, 0.2) is 0 Å². The van der Waals surface area contributed by atoms with E-state index in [1.54, 1.807) is 13.8 Å². The zero-order chi connectivity index (χ0) is 15.5. The zero-order valence-corrected chi connectivity index (χ0v) is 12.4. The number of carbonyl (C=O) groups excluding carboxylic acids is 1. The second-order valence-electron chi connectivity index (χ2n) is 4.27. The number of hydrogen-bond donors (Lipinski definition) is 1. The average molecular weight is 302 g/mol. The largest absolute Gasteiger partial charge is 0.545 e. The first-order chi connectivity index (χ1) is 9.22. The lowest BCUT2D eigenvalue weighted by Crippen LogP contribution is -2.31. The van der Waals surface area contributed by atoms with Gasteiger partial charge in [0.05, 0.1) is 20.2 Å². The first-order valence-electron chi connectivity index (χ1n) is 5.72. The lowest BCUT2D eigenvalue weighted by atomic mass is 10.2. The van der Waals surface area contributed by atoms with Gasteiger partial charge in [-0.1, -0.05) is 0 Å². The fourth-order valence-corrected chi connectivity index (χ4v) is 3.04. The maximum atomic E-state index is 12.2. The molecule has 0 radical (unpaired) electrons. The molecule has 0 aliphatic heterocycles. The van der Waals surface area contributed by atoms with Gasteiger partial charge in [0.25, 0.3) is 0 Å². The van der Waals surface area contributed by atoms with Crippen molar-refractivity contribution in [3.63, 3.8) is 0 Å². The number of hydrogen-bond acceptors (Lipinski definition) is 6. The van der Waals surface area contributed by atoms with E-state index in [9.17, 15) is 18.3 Å². The molecular weight excluding hydrogens is 286 g/mol. The SMILES string of the molecule is COc1cc(OC)c(S(=O)(=O)NC(C)C)cc1C(=O)[O-]. The topological polar surface area (TPSA) is 105 Å². The smallest absolute Gasteiger partial charge is 0.244 e. The maximum absolute atomic E-state index is 12.2. The molecule has 1 rings (SSSR count). The summed E-state index contributed by atoms with van der Waals surface area (Å²) in [5.41, 5.74) is -0.363. The second-order valence-corrected chi connectivity index (χ2v) is 5.95. The Bertz CT molecular complexity index is 609. The quantitative estimate of drug-likeness (QED) is 0.777. The Morgan fingerprint density at radius 3 is 2.15 bits per heavy atom. The van der Waals surface area contributed by atoms with Gasteiger partial charge in [-0.25, -0.2) is 13.1 Å². The number of rotatable bonds is 6. The summed E-state index contributed by atoms with van der Waals surface area (Å²) in [5, 5.41) is 11.0. The third-order valence-electron chi connectivity index (χ3n) is 2.39. The van der Waals surface area contributed by atoms with Crippen LogP contribution >= 0.6 is 0 Å². The summed E-state index contributed by atoms with van der Waals surface area (Å²) >= 11 is 0. The van der Waals surface area contributed by atoms with Crippen LogP contribution in [0.15, 0.2) is 17.0 Å². The third kappa shape index (κ3) is 3.40. The van der Waals surface area contributed by atoms with Crippen LogP contribution in [0.4, 0.5) is 0 Å². The molecule has 0 fully saturated rings. The first-order valence-corrected chi connectivity index (χ1v) is 7.21. The van der Waals surface area contributed by atoms with Gasteiger partial charge in [-0.2, -0.15) is 0 Å². The molecule has 0 aliphatic rings. The molecule has 0 bridgehead atoms. The summed E-state index contributed by atoms with van der Waals surface area (Å²) in [6.07, 6.45) is 0. The summed E-state index contributed by atoms with van der Waals surface area (Å²) in [6.45, 7) is 3.29. The Hall–Kier alpha value is -1.80. The highest BCUT2D eigenvalue weighted by molar-refractivity contribution is 7.89. The van der Waals surface area contributed by atoms with E-state index in [1.165, 1.54) is 20.3 Å². The third-order valence-corrected chi connectivity index (χ3v) is 4.07. The van der Waals surface area contributed by atoms with E-state index < -0.39 is 16.0 Å². The van der Waals surface area contributed by atoms with Gasteiger partial charge in [-0.3, -0.25) is 0 Å². The van der Waals surface area contributed by atoms with E-state index in [0.717, 1.165) is 6.07 Å². The number of sulfonamides is 1. The molecule has 0 saturated heterocycles. The Kier molecular flexibility index (Phi) is 4.96. The lowest BCUT2D eigenvalue weighted by molar-refractivity contribution is -0.255. The number of carbonyl (C=O) groups is 1. The maximum Gasteiger partial charge on any atom is 0.244 e. The molecule has 20 heavy (non-hydrogen) atoms. The van der Waals surface area contributed by atoms with Gasteiger partial charge in [0.1, 0.15) is 16.4 Å². The minimum absolute atomic E-state index is 0.0139. The van der Waals surface area contributed by atoms with Gasteiger partial charge < -0.3 is 19.4 Å². The van der Waals surface area contributed by atoms with Crippen LogP contribution in [0, 0.1) is 0 Å². The monoisotopic (exact) mass is 302 g/mol. The summed E-state index contributed by atoms with van der Waals surface area (Å²) < 4.78 is 36.5. The summed E-state index contributed by atoms with van der Waals surface area (Å²) in [7, 11) is -1.36. The number of benzene rings is 1. The Morgan fingerprint density at radius 2 is 1.75 bits per heavy atom. The molecule has 0 aromatic heterocycles. The fourth-order valence-electron chi connectivity index (χ4n) is 1.61. The van der Waals surface area contributed by atoms with Crippen molar-refractivity contribution in [3.8, 4) is 11.5 Å². The summed E-state index contributed by atoms with van der Waals surface area (Å²) in [5.74, 6) is -1.59. The summed E-state index contributed by atoms with van der Waals surface area (Å²) in [6, 6.07) is 1.80. The van der Waals surface area contributed by atoms with Crippen molar-refractivity contribution in [3.05, 3.63) is 17.7 Å². The van der Waals surface area contributed by atoms with Crippen LogP contribution in [-0.4, -0.2) is 34.6 Å². The van der Waals surface area contributed by atoms with Crippen LogP contribution in [0.2, 0.25) is 0 Å². The number of methoxy groups -OCH3 is 2. The molecule has 0 heterocycles. The van der Waals surface area contributed by atoms with E-state index in [1.807, 2.05) is 0 Å². The number of ether oxygens (including phenoxy) is 2. The average Bonchev–Trinajstić information content (AvgIpc) is 2.35. The van der Waals surface area contributed by atoms with E-state index >= 15 is 0 Å². The van der Waals surface area contributed by atoms with E-state index in [0.29, 0.717) is 0 Å². The molecule has 0 spiro atoms. The highest BCUT2D eigenvalue weighted by Gasteiger charge is 2.23. The van der Waals surface area contributed by atoms with E-state index in [-0.39, 0.29) is 28.0 Å². The molecule has 0 unspecified atom stereocenters. The Balaban J connectivity index is 3.53. The predicted molar refractivity (Wildman–Crippen MR) is 69.3 cm³/mol. The highest BCUT2D eigenvalue weighted by Crippen LogP contribution is 2.31. The van der Waals surface area contributed by atoms with Crippen molar-refractivity contribution in [1.29, 1.82) is 0 Å². The van der Waals surface area contributed by atoms with Crippen LogP contribution in [0.5, 0.6) is 11.5 Å². The van der Waals surface area contributed by atoms with Crippen LogP contribution < -0.4 is 19.3 Å². The molecule has 1 aromatic rings. The van der Waals surface area contributed by atoms with Crippen LogP contribution in [0.1, 0.15) is 24.2 Å². The van der Waals surface area contributed by atoms with Crippen molar-refractivity contribution in [2.24, 2.45) is 0 Å². The molecule has 0 atom stereocenters. The van der Waals surface area contributed by atoms with Gasteiger partial charge in [-0.15, -0.1) is 0 Å². The van der Waals surface area contributed by atoms with Crippen molar-refractivity contribution in [2.45, 2.75) is 24.8 Å². The predicted octanol–water partition coefficient (Wildman–Crippen LogP) is -0.246. The minimum Gasteiger partial charge on any atom is -0.545 e. The molecular formula is C12H16NO6S-. The molecule has 1 N–H and O–H groups in total. The molecule has 1 aromatic carbocycles. The molecule has 0 amide bonds. The second kappa shape index (κ2) is 6.10. The number of carboxylic acid groups (broad SMARTS) is 1. The Morgan fingerprint density at radius 1 is 1.20 bits per heavy atom. The van der Waals surface area contributed by atoms with Gasteiger partial charge in [-0.05, 0) is 19.9 Å². The highest BCUT2D eigenvalue weighted by atomic mass is 32.2. The normalized spacial score (nSPS) is 11.4. The Labute approximate surface area is 117 Å².